The van der Waals surface area contributed by atoms with Gasteiger partial charge in [0.1, 0.15) is 0 Å². The van der Waals surface area contributed by atoms with Gasteiger partial charge in [-0.1, -0.05) is 40.2 Å². The van der Waals surface area contributed by atoms with Crippen LogP contribution in [0.25, 0.3) is 0 Å². The van der Waals surface area contributed by atoms with E-state index in [0.717, 1.165) is 22.2 Å². The highest BCUT2D eigenvalue weighted by Crippen LogP contribution is 2.30. The molecule has 1 amide bonds. The number of alkyl halides is 3. The average Bonchev–Trinajstić information content (AvgIpc) is 3.09. The van der Waals surface area contributed by atoms with Crippen LogP contribution >= 0.6 is 15.9 Å². The summed E-state index contributed by atoms with van der Waals surface area (Å²) in [4.78, 5) is 12.5. The molecule has 2 atom stereocenters. The third-order valence-corrected chi connectivity index (χ3v) is 4.74. The third kappa shape index (κ3) is 4.44. The highest BCUT2D eigenvalue weighted by Gasteiger charge is 2.34. The maximum absolute atomic E-state index is 12.8. The van der Waals surface area contributed by atoms with Crippen molar-refractivity contribution in [2.75, 3.05) is 6.54 Å². The van der Waals surface area contributed by atoms with E-state index >= 15 is 0 Å². The number of carbonyl (C=O) groups excluding carboxylic acids is 1. The molecule has 138 valence electrons. The fourth-order valence-electron chi connectivity index (χ4n) is 2.93. The van der Waals surface area contributed by atoms with Crippen LogP contribution in [0.1, 0.15) is 22.7 Å². The number of hydrogen-bond acceptors (Lipinski definition) is 3. The van der Waals surface area contributed by atoms with Crippen molar-refractivity contribution in [1.29, 1.82) is 0 Å². The highest BCUT2D eigenvalue weighted by atomic mass is 79.9. The second-order valence-corrected chi connectivity index (χ2v) is 7.00. The minimum absolute atomic E-state index is 0.0461. The van der Waals surface area contributed by atoms with Crippen molar-refractivity contribution in [3.63, 3.8) is 0 Å². The standard InChI is InChI=1S/C18H17BrF3N3O/c19-14-6-2-4-12(8-14)16-15(10-24-25-16)17(26)23-9-11-3-1-5-13(7-11)18(20,21)22/h1-8,15-16,24-25H,9-10H2,(H,23,26). The van der Waals surface area contributed by atoms with Gasteiger partial charge in [-0.25, -0.2) is 5.43 Å². The lowest BCUT2D eigenvalue weighted by Crippen LogP contribution is -2.34. The first-order valence-corrected chi connectivity index (χ1v) is 8.81. The third-order valence-electron chi connectivity index (χ3n) is 4.25. The van der Waals surface area contributed by atoms with Gasteiger partial charge in [0.25, 0.3) is 0 Å². The molecule has 8 heteroatoms. The molecule has 1 heterocycles. The van der Waals surface area contributed by atoms with Crippen molar-refractivity contribution in [3.8, 4) is 0 Å². The predicted molar refractivity (Wildman–Crippen MR) is 94.8 cm³/mol. The number of halogens is 4. The Morgan fingerprint density at radius 2 is 1.96 bits per heavy atom. The lowest BCUT2D eigenvalue weighted by atomic mass is 9.94. The molecule has 0 spiro atoms. The molecule has 3 rings (SSSR count). The smallest absolute Gasteiger partial charge is 0.352 e. The van der Waals surface area contributed by atoms with E-state index < -0.39 is 11.7 Å². The Morgan fingerprint density at radius 3 is 2.69 bits per heavy atom. The Bertz CT molecular complexity index is 797. The van der Waals surface area contributed by atoms with E-state index in [9.17, 15) is 18.0 Å². The molecule has 26 heavy (non-hydrogen) atoms. The van der Waals surface area contributed by atoms with Gasteiger partial charge < -0.3 is 5.32 Å². The monoisotopic (exact) mass is 427 g/mol. The van der Waals surface area contributed by atoms with Gasteiger partial charge in [-0.15, -0.1) is 0 Å². The molecule has 1 saturated heterocycles. The van der Waals surface area contributed by atoms with E-state index in [0.29, 0.717) is 12.1 Å². The van der Waals surface area contributed by atoms with Gasteiger partial charge in [0, 0.05) is 17.6 Å². The zero-order chi connectivity index (χ0) is 18.7. The summed E-state index contributed by atoms with van der Waals surface area (Å²) >= 11 is 3.41. The number of hydrogen-bond donors (Lipinski definition) is 3. The lowest BCUT2D eigenvalue weighted by molar-refractivity contribution is -0.137. The van der Waals surface area contributed by atoms with Crippen LogP contribution in [-0.2, 0) is 17.5 Å². The Hall–Kier alpha value is -1.90. The van der Waals surface area contributed by atoms with Gasteiger partial charge in [0.2, 0.25) is 5.91 Å². The number of nitrogens with one attached hydrogen (secondary N) is 3. The summed E-state index contributed by atoms with van der Waals surface area (Å²) in [6.45, 7) is 0.482. The maximum Gasteiger partial charge on any atom is 0.416 e. The Labute approximate surface area is 157 Å². The molecule has 0 radical (unpaired) electrons. The van der Waals surface area contributed by atoms with Crippen molar-refractivity contribution in [1.82, 2.24) is 16.2 Å². The van der Waals surface area contributed by atoms with E-state index in [1.807, 2.05) is 24.3 Å². The number of carbonyl (C=O) groups is 1. The summed E-state index contributed by atoms with van der Waals surface area (Å²) in [5.74, 6) is -0.583. The van der Waals surface area contributed by atoms with Gasteiger partial charge in [0.15, 0.2) is 0 Å². The average molecular weight is 428 g/mol. The van der Waals surface area contributed by atoms with Crippen LogP contribution in [0.5, 0.6) is 0 Å². The van der Waals surface area contributed by atoms with Crippen LogP contribution < -0.4 is 16.2 Å². The summed E-state index contributed by atoms with van der Waals surface area (Å²) in [6, 6.07) is 12.4. The van der Waals surface area contributed by atoms with Gasteiger partial charge in [0.05, 0.1) is 17.5 Å². The highest BCUT2D eigenvalue weighted by molar-refractivity contribution is 9.10. The molecule has 1 aliphatic rings. The van der Waals surface area contributed by atoms with Crippen molar-refractivity contribution >= 4 is 21.8 Å². The molecule has 1 fully saturated rings. The normalized spacial score (nSPS) is 20.2. The first-order chi connectivity index (χ1) is 12.3. The minimum Gasteiger partial charge on any atom is -0.352 e. The summed E-state index contributed by atoms with van der Waals surface area (Å²) in [6.07, 6.45) is -4.40. The molecule has 2 unspecified atom stereocenters. The molecule has 3 N–H and O–H groups in total. The summed E-state index contributed by atoms with van der Waals surface area (Å²) in [5.41, 5.74) is 6.69. The lowest BCUT2D eigenvalue weighted by Gasteiger charge is -2.19. The summed E-state index contributed by atoms with van der Waals surface area (Å²) < 4.78 is 39.2. The number of benzene rings is 2. The number of amides is 1. The largest absolute Gasteiger partial charge is 0.416 e. The first kappa shape index (κ1) is 18.9. The molecule has 0 saturated carbocycles. The second-order valence-electron chi connectivity index (χ2n) is 6.08. The Balaban J connectivity index is 1.66. The first-order valence-electron chi connectivity index (χ1n) is 8.02. The molecule has 4 nitrogen and oxygen atoms in total. The molecular formula is C18H17BrF3N3O. The summed E-state index contributed by atoms with van der Waals surface area (Å²) in [5, 5.41) is 2.74. The van der Waals surface area contributed by atoms with Gasteiger partial charge in [-0.05, 0) is 35.4 Å². The molecule has 0 aliphatic carbocycles. The van der Waals surface area contributed by atoms with Gasteiger partial charge in [-0.3, -0.25) is 10.2 Å². The Kier molecular flexibility index (Phi) is 5.64. The fraction of sp³-hybridized carbons (Fsp3) is 0.278. The van der Waals surface area contributed by atoms with Crippen molar-refractivity contribution in [2.24, 2.45) is 5.92 Å². The molecular weight excluding hydrogens is 411 g/mol. The molecule has 0 aromatic heterocycles. The maximum atomic E-state index is 12.8. The van der Waals surface area contributed by atoms with Crippen LogP contribution in [0, 0.1) is 5.92 Å². The topological polar surface area (TPSA) is 53.2 Å². The minimum atomic E-state index is -4.40. The summed E-state index contributed by atoms with van der Waals surface area (Å²) in [7, 11) is 0. The van der Waals surface area contributed by atoms with E-state index in [1.54, 1.807) is 6.07 Å². The molecule has 1 aliphatic heterocycles. The van der Waals surface area contributed by atoms with E-state index in [2.05, 4.69) is 32.1 Å². The van der Waals surface area contributed by atoms with Crippen LogP contribution in [-0.4, -0.2) is 12.5 Å². The SMILES string of the molecule is O=C(NCc1cccc(C(F)(F)F)c1)C1CNNC1c1cccc(Br)c1. The van der Waals surface area contributed by atoms with Crippen LogP contribution in [0.3, 0.4) is 0 Å². The van der Waals surface area contributed by atoms with E-state index in [4.69, 9.17) is 0 Å². The van der Waals surface area contributed by atoms with Crippen molar-refractivity contribution in [2.45, 2.75) is 18.8 Å². The Morgan fingerprint density at radius 1 is 1.19 bits per heavy atom. The second kappa shape index (κ2) is 7.77. The predicted octanol–water partition coefficient (Wildman–Crippen LogP) is 3.55. The quantitative estimate of drug-likeness (QED) is 0.699. The molecule has 2 aromatic rings. The zero-order valence-corrected chi connectivity index (χ0v) is 15.2. The van der Waals surface area contributed by atoms with Crippen LogP contribution in [0.15, 0.2) is 53.0 Å². The van der Waals surface area contributed by atoms with Crippen LogP contribution in [0.2, 0.25) is 0 Å². The van der Waals surface area contributed by atoms with Crippen LogP contribution in [0.4, 0.5) is 13.2 Å². The number of hydrazine groups is 1. The molecule has 0 bridgehead atoms. The van der Waals surface area contributed by atoms with E-state index in [1.165, 1.54) is 6.07 Å². The molecule has 2 aromatic carbocycles. The van der Waals surface area contributed by atoms with Gasteiger partial charge >= 0.3 is 6.18 Å². The zero-order valence-electron chi connectivity index (χ0n) is 13.6. The van der Waals surface area contributed by atoms with Crippen molar-refractivity contribution < 1.29 is 18.0 Å². The van der Waals surface area contributed by atoms with Crippen molar-refractivity contribution in [3.05, 3.63) is 69.7 Å². The van der Waals surface area contributed by atoms with Gasteiger partial charge in [-0.2, -0.15) is 13.2 Å². The number of rotatable bonds is 4. The fourth-order valence-corrected chi connectivity index (χ4v) is 3.35. The van der Waals surface area contributed by atoms with E-state index in [-0.39, 0.29) is 24.4 Å².